The monoisotopic (exact) mass is 238 g/mol. The van der Waals surface area contributed by atoms with Crippen LogP contribution in [0.5, 0.6) is 0 Å². The number of carbonyl (C=O) groups excluding carboxylic acids is 1. The van der Waals surface area contributed by atoms with Crippen molar-refractivity contribution in [2.45, 2.75) is 37.6 Å². The number of carbonyl (C=O) groups is 1. The van der Waals surface area contributed by atoms with Gasteiger partial charge in [0.2, 0.25) is 5.91 Å². The first kappa shape index (κ1) is 11.5. The smallest absolute Gasteiger partial charge is 0.226 e. The SMILES string of the molecule is O=C(C1CC1)N1CCNCCC12CCOCC2. The van der Waals surface area contributed by atoms with Crippen LogP contribution in [0.15, 0.2) is 0 Å². The Morgan fingerprint density at radius 3 is 2.65 bits per heavy atom. The first-order chi connectivity index (χ1) is 8.32. The Hall–Kier alpha value is -0.610. The van der Waals surface area contributed by atoms with Gasteiger partial charge < -0.3 is 15.0 Å². The third-order valence-electron chi connectivity index (χ3n) is 4.47. The van der Waals surface area contributed by atoms with Gasteiger partial charge in [-0.1, -0.05) is 0 Å². The molecule has 0 radical (unpaired) electrons. The lowest BCUT2D eigenvalue weighted by Gasteiger charge is -2.45. The number of hydrogen-bond acceptors (Lipinski definition) is 3. The summed E-state index contributed by atoms with van der Waals surface area (Å²) in [5.41, 5.74) is 0.0986. The highest BCUT2D eigenvalue weighted by Gasteiger charge is 2.45. The second kappa shape index (κ2) is 4.58. The van der Waals surface area contributed by atoms with Gasteiger partial charge in [-0.25, -0.2) is 0 Å². The number of amides is 1. The molecule has 0 aromatic heterocycles. The van der Waals surface area contributed by atoms with Gasteiger partial charge in [0.25, 0.3) is 0 Å². The first-order valence-electron chi connectivity index (χ1n) is 6.92. The molecular formula is C13H22N2O2. The van der Waals surface area contributed by atoms with Crippen molar-refractivity contribution in [3.8, 4) is 0 Å². The quantitative estimate of drug-likeness (QED) is 0.733. The molecule has 3 rings (SSSR count). The first-order valence-corrected chi connectivity index (χ1v) is 6.92. The molecule has 0 aromatic rings. The third-order valence-corrected chi connectivity index (χ3v) is 4.47. The molecule has 1 saturated carbocycles. The molecule has 4 nitrogen and oxygen atoms in total. The third kappa shape index (κ3) is 2.20. The van der Waals surface area contributed by atoms with Crippen molar-refractivity contribution >= 4 is 5.91 Å². The molecule has 2 saturated heterocycles. The number of rotatable bonds is 1. The van der Waals surface area contributed by atoms with Crippen molar-refractivity contribution in [1.82, 2.24) is 10.2 Å². The van der Waals surface area contributed by atoms with Crippen molar-refractivity contribution < 1.29 is 9.53 Å². The Labute approximate surface area is 103 Å². The Morgan fingerprint density at radius 1 is 1.18 bits per heavy atom. The van der Waals surface area contributed by atoms with E-state index in [0.717, 1.165) is 65.0 Å². The maximum absolute atomic E-state index is 12.4. The average Bonchev–Trinajstić information content (AvgIpc) is 3.17. The summed E-state index contributed by atoms with van der Waals surface area (Å²) in [4.78, 5) is 14.6. The molecule has 0 bridgehead atoms. The predicted molar refractivity (Wildman–Crippen MR) is 64.7 cm³/mol. The van der Waals surface area contributed by atoms with Crippen LogP contribution in [0.2, 0.25) is 0 Å². The van der Waals surface area contributed by atoms with Crippen molar-refractivity contribution in [2.75, 3.05) is 32.8 Å². The number of hydrogen-bond donors (Lipinski definition) is 1. The summed E-state index contributed by atoms with van der Waals surface area (Å²) in [6.45, 7) is 4.49. The molecule has 17 heavy (non-hydrogen) atoms. The Morgan fingerprint density at radius 2 is 1.94 bits per heavy atom. The minimum Gasteiger partial charge on any atom is -0.381 e. The summed E-state index contributed by atoms with van der Waals surface area (Å²) in [7, 11) is 0. The lowest BCUT2D eigenvalue weighted by Crippen LogP contribution is -2.55. The van der Waals surface area contributed by atoms with Crippen LogP contribution in [-0.4, -0.2) is 49.2 Å². The molecule has 4 heteroatoms. The molecule has 1 spiro atoms. The normalized spacial score (nSPS) is 29.1. The summed E-state index contributed by atoms with van der Waals surface area (Å²) in [5.74, 6) is 0.753. The van der Waals surface area contributed by atoms with E-state index in [4.69, 9.17) is 4.74 Å². The molecule has 0 aromatic carbocycles. The lowest BCUT2D eigenvalue weighted by molar-refractivity contribution is -0.143. The fourth-order valence-electron chi connectivity index (χ4n) is 3.17. The minimum absolute atomic E-state index is 0.0986. The number of ether oxygens (including phenoxy) is 1. The van der Waals surface area contributed by atoms with Gasteiger partial charge in [-0.05, 0) is 38.6 Å². The van der Waals surface area contributed by atoms with E-state index in [1.807, 2.05) is 0 Å². The molecule has 2 heterocycles. The van der Waals surface area contributed by atoms with Crippen LogP contribution in [0.1, 0.15) is 32.1 Å². The van der Waals surface area contributed by atoms with Gasteiger partial charge in [0, 0.05) is 37.8 Å². The summed E-state index contributed by atoms with van der Waals surface area (Å²) in [6, 6.07) is 0. The molecule has 1 N–H and O–H groups in total. The second-order valence-electron chi connectivity index (χ2n) is 5.60. The van der Waals surface area contributed by atoms with E-state index in [-0.39, 0.29) is 5.54 Å². The van der Waals surface area contributed by atoms with Gasteiger partial charge in [-0.15, -0.1) is 0 Å². The second-order valence-corrected chi connectivity index (χ2v) is 5.60. The molecule has 96 valence electrons. The van der Waals surface area contributed by atoms with E-state index < -0.39 is 0 Å². The highest BCUT2D eigenvalue weighted by Crippen LogP contribution is 2.38. The molecule has 1 amide bonds. The van der Waals surface area contributed by atoms with E-state index in [9.17, 15) is 4.79 Å². The zero-order valence-corrected chi connectivity index (χ0v) is 10.4. The summed E-state index contributed by atoms with van der Waals surface area (Å²) < 4.78 is 5.48. The summed E-state index contributed by atoms with van der Waals surface area (Å²) in [6.07, 6.45) is 5.35. The van der Waals surface area contributed by atoms with Gasteiger partial charge in [-0.2, -0.15) is 0 Å². The van der Waals surface area contributed by atoms with Crippen LogP contribution >= 0.6 is 0 Å². The van der Waals surface area contributed by atoms with Crippen LogP contribution < -0.4 is 5.32 Å². The van der Waals surface area contributed by atoms with Crippen LogP contribution in [0.25, 0.3) is 0 Å². The van der Waals surface area contributed by atoms with E-state index in [0.29, 0.717) is 11.8 Å². The van der Waals surface area contributed by atoms with Gasteiger partial charge in [-0.3, -0.25) is 4.79 Å². The van der Waals surface area contributed by atoms with E-state index >= 15 is 0 Å². The van der Waals surface area contributed by atoms with E-state index in [1.54, 1.807) is 0 Å². The summed E-state index contributed by atoms with van der Waals surface area (Å²) in [5, 5.41) is 3.43. The maximum atomic E-state index is 12.4. The zero-order chi connectivity index (χ0) is 11.7. The van der Waals surface area contributed by atoms with Crippen molar-refractivity contribution in [3.63, 3.8) is 0 Å². The summed E-state index contributed by atoms with van der Waals surface area (Å²) >= 11 is 0. The Kier molecular flexibility index (Phi) is 3.09. The average molecular weight is 238 g/mol. The lowest BCUT2D eigenvalue weighted by atomic mass is 9.84. The highest BCUT2D eigenvalue weighted by molar-refractivity contribution is 5.82. The number of nitrogens with zero attached hydrogens (tertiary/aromatic N) is 1. The fourth-order valence-corrected chi connectivity index (χ4v) is 3.17. The minimum atomic E-state index is 0.0986. The van der Waals surface area contributed by atoms with Gasteiger partial charge >= 0.3 is 0 Å². The standard InChI is InChI=1S/C13H22N2O2/c16-12(11-1-2-11)15-8-7-14-6-3-13(15)4-9-17-10-5-13/h11,14H,1-10H2. The van der Waals surface area contributed by atoms with Crippen molar-refractivity contribution in [3.05, 3.63) is 0 Å². The predicted octanol–water partition coefficient (Wildman–Crippen LogP) is 0.767. The van der Waals surface area contributed by atoms with Crippen LogP contribution in [0.4, 0.5) is 0 Å². The van der Waals surface area contributed by atoms with E-state index in [2.05, 4.69) is 10.2 Å². The maximum Gasteiger partial charge on any atom is 0.226 e. The van der Waals surface area contributed by atoms with Gasteiger partial charge in [0.05, 0.1) is 0 Å². The van der Waals surface area contributed by atoms with Gasteiger partial charge in [0.1, 0.15) is 0 Å². The van der Waals surface area contributed by atoms with Crippen LogP contribution in [0, 0.1) is 5.92 Å². The number of nitrogens with one attached hydrogen (secondary N) is 1. The van der Waals surface area contributed by atoms with Crippen LogP contribution in [0.3, 0.4) is 0 Å². The molecule has 2 aliphatic heterocycles. The van der Waals surface area contributed by atoms with Crippen molar-refractivity contribution in [1.29, 1.82) is 0 Å². The van der Waals surface area contributed by atoms with Crippen LogP contribution in [-0.2, 0) is 9.53 Å². The van der Waals surface area contributed by atoms with E-state index in [1.165, 1.54) is 0 Å². The molecule has 0 atom stereocenters. The van der Waals surface area contributed by atoms with Gasteiger partial charge in [0.15, 0.2) is 0 Å². The molecule has 3 fully saturated rings. The Bertz CT molecular complexity index is 296. The molecule has 0 unspecified atom stereocenters. The molecular weight excluding hydrogens is 216 g/mol. The molecule has 1 aliphatic carbocycles. The van der Waals surface area contributed by atoms with Crippen molar-refractivity contribution in [2.24, 2.45) is 5.92 Å². The largest absolute Gasteiger partial charge is 0.381 e. The zero-order valence-electron chi connectivity index (χ0n) is 10.4. The topological polar surface area (TPSA) is 41.6 Å². The highest BCUT2D eigenvalue weighted by atomic mass is 16.5. The Balaban J connectivity index is 1.81. The molecule has 3 aliphatic rings. The fraction of sp³-hybridized carbons (Fsp3) is 0.923.